The SMILES string of the molecule is O=C(C[C@H](c1ccc(C(F)(F)F)cc1)c1cn(Cc2ccccc2)c2ccc([N+](=O)[O-])cc12)NCCN1CCOCC1. The summed E-state index contributed by atoms with van der Waals surface area (Å²) in [6.07, 6.45) is -2.69. The van der Waals surface area contributed by atoms with E-state index in [-0.39, 0.29) is 18.0 Å². The average molecular weight is 581 g/mol. The molecule has 2 heterocycles. The van der Waals surface area contributed by atoms with Crippen LogP contribution in [0.2, 0.25) is 0 Å². The van der Waals surface area contributed by atoms with Crippen LogP contribution in [0.15, 0.2) is 79.0 Å². The second kappa shape index (κ2) is 12.7. The minimum absolute atomic E-state index is 0.0401. The van der Waals surface area contributed by atoms with Gasteiger partial charge in [-0.05, 0) is 34.9 Å². The van der Waals surface area contributed by atoms with Crippen molar-refractivity contribution in [3.05, 3.63) is 111 Å². The maximum Gasteiger partial charge on any atom is 0.416 e. The summed E-state index contributed by atoms with van der Waals surface area (Å²) in [4.78, 5) is 26.6. The maximum absolute atomic E-state index is 13.3. The van der Waals surface area contributed by atoms with E-state index in [4.69, 9.17) is 4.74 Å². The van der Waals surface area contributed by atoms with Crippen molar-refractivity contribution in [2.45, 2.75) is 25.1 Å². The number of ether oxygens (including phenoxy) is 1. The number of benzene rings is 3. The number of carbonyl (C=O) groups is 1. The Kier molecular flexibility index (Phi) is 8.89. The lowest BCUT2D eigenvalue weighted by atomic mass is 9.87. The van der Waals surface area contributed by atoms with E-state index in [9.17, 15) is 28.1 Å². The smallest absolute Gasteiger partial charge is 0.379 e. The van der Waals surface area contributed by atoms with Crippen molar-refractivity contribution in [2.75, 3.05) is 39.4 Å². The molecule has 42 heavy (non-hydrogen) atoms. The van der Waals surface area contributed by atoms with Crippen molar-refractivity contribution in [1.29, 1.82) is 0 Å². The highest BCUT2D eigenvalue weighted by Gasteiger charge is 2.31. The van der Waals surface area contributed by atoms with E-state index in [1.54, 1.807) is 6.07 Å². The molecule has 0 radical (unpaired) electrons. The van der Waals surface area contributed by atoms with E-state index in [0.717, 1.165) is 36.3 Å². The molecule has 8 nitrogen and oxygen atoms in total. The van der Waals surface area contributed by atoms with Gasteiger partial charge in [0.1, 0.15) is 0 Å². The number of nitrogens with zero attached hydrogens (tertiary/aromatic N) is 3. The van der Waals surface area contributed by atoms with Gasteiger partial charge in [-0.1, -0.05) is 42.5 Å². The number of amides is 1. The van der Waals surface area contributed by atoms with Gasteiger partial charge in [0.2, 0.25) is 5.91 Å². The van der Waals surface area contributed by atoms with Crippen LogP contribution in [0, 0.1) is 10.1 Å². The fourth-order valence-corrected chi connectivity index (χ4v) is 5.36. The first kappa shape index (κ1) is 29.3. The topological polar surface area (TPSA) is 89.6 Å². The Balaban J connectivity index is 1.51. The van der Waals surface area contributed by atoms with E-state index in [2.05, 4.69) is 10.2 Å². The highest BCUT2D eigenvalue weighted by atomic mass is 19.4. The quantitative estimate of drug-likeness (QED) is 0.195. The number of non-ortho nitro benzene ring substituents is 1. The Morgan fingerprint density at radius 2 is 1.74 bits per heavy atom. The molecule has 0 spiro atoms. The van der Waals surface area contributed by atoms with Gasteiger partial charge in [0.25, 0.3) is 5.69 Å². The van der Waals surface area contributed by atoms with E-state index in [0.29, 0.717) is 49.4 Å². The Morgan fingerprint density at radius 3 is 2.40 bits per heavy atom. The first-order valence-electron chi connectivity index (χ1n) is 13.7. The van der Waals surface area contributed by atoms with Gasteiger partial charge >= 0.3 is 6.18 Å². The van der Waals surface area contributed by atoms with Gasteiger partial charge in [-0.2, -0.15) is 13.2 Å². The van der Waals surface area contributed by atoms with Crippen molar-refractivity contribution >= 4 is 22.5 Å². The minimum Gasteiger partial charge on any atom is -0.379 e. The molecule has 0 aliphatic carbocycles. The van der Waals surface area contributed by atoms with Crippen molar-refractivity contribution in [1.82, 2.24) is 14.8 Å². The van der Waals surface area contributed by atoms with E-state index < -0.39 is 22.6 Å². The summed E-state index contributed by atoms with van der Waals surface area (Å²) in [5.41, 5.74) is 1.98. The number of nitro benzene ring substituents is 1. The number of aromatic nitrogens is 1. The van der Waals surface area contributed by atoms with Gasteiger partial charge in [0, 0.05) is 74.3 Å². The van der Waals surface area contributed by atoms with Gasteiger partial charge in [0.05, 0.1) is 23.7 Å². The number of hydrogen-bond donors (Lipinski definition) is 1. The predicted molar refractivity (Wildman–Crippen MR) is 152 cm³/mol. The summed E-state index contributed by atoms with van der Waals surface area (Å²) in [6, 6.07) is 19.0. The molecule has 1 amide bonds. The normalized spacial score (nSPS) is 15.0. The molecule has 1 aliphatic heterocycles. The van der Waals surface area contributed by atoms with E-state index in [1.807, 2.05) is 41.1 Å². The number of alkyl halides is 3. The number of nitrogens with one attached hydrogen (secondary N) is 1. The first-order chi connectivity index (χ1) is 20.2. The van der Waals surface area contributed by atoms with Crippen LogP contribution in [-0.4, -0.2) is 59.7 Å². The lowest BCUT2D eigenvalue weighted by Gasteiger charge is -2.26. The highest BCUT2D eigenvalue weighted by Crippen LogP contribution is 2.38. The van der Waals surface area contributed by atoms with Crippen LogP contribution < -0.4 is 5.32 Å². The van der Waals surface area contributed by atoms with Crippen LogP contribution in [0.5, 0.6) is 0 Å². The zero-order chi connectivity index (χ0) is 29.7. The van der Waals surface area contributed by atoms with Gasteiger partial charge < -0.3 is 14.6 Å². The van der Waals surface area contributed by atoms with Gasteiger partial charge in [-0.25, -0.2) is 0 Å². The molecule has 4 aromatic rings. The maximum atomic E-state index is 13.3. The highest BCUT2D eigenvalue weighted by molar-refractivity contribution is 5.88. The Labute approximate surface area is 240 Å². The molecule has 11 heteroatoms. The van der Waals surface area contributed by atoms with Crippen LogP contribution in [-0.2, 0) is 22.3 Å². The molecule has 5 rings (SSSR count). The molecule has 1 saturated heterocycles. The molecule has 0 bridgehead atoms. The second-order valence-electron chi connectivity index (χ2n) is 10.3. The number of rotatable bonds is 10. The largest absolute Gasteiger partial charge is 0.416 e. The number of carbonyl (C=O) groups excluding carboxylic acids is 1. The first-order valence-corrected chi connectivity index (χ1v) is 13.7. The molecular weight excluding hydrogens is 549 g/mol. The molecule has 3 aromatic carbocycles. The number of hydrogen-bond acceptors (Lipinski definition) is 5. The Hall–Kier alpha value is -4.22. The van der Waals surface area contributed by atoms with E-state index in [1.165, 1.54) is 24.3 Å². The lowest BCUT2D eigenvalue weighted by Crippen LogP contribution is -2.41. The van der Waals surface area contributed by atoms with Gasteiger partial charge in [-0.3, -0.25) is 19.8 Å². The molecule has 220 valence electrons. The molecule has 1 N–H and O–H groups in total. The summed E-state index contributed by atoms with van der Waals surface area (Å²) < 4.78 is 47.3. The molecule has 1 aromatic heterocycles. The van der Waals surface area contributed by atoms with Crippen LogP contribution in [0.25, 0.3) is 10.9 Å². The number of fused-ring (bicyclic) bond motifs is 1. The number of nitro groups is 1. The molecule has 0 saturated carbocycles. The number of morpholine rings is 1. The molecule has 0 unspecified atom stereocenters. The predicted octanol–water partition coefficient (Wildman–Crippen LogP) is 5.59. The average Bonchev–Trinajstić information content (AvgIpc) is 3.33. The van der Waals surface area contributed by atoms with Gasteiger partial charge in [-0.15, -0.1) is 0 Å². The van der Waals surface area contributed by atoms with Gasteiger partial charge in [0.15, 0.2) is 0 Å². The van der Waals surface area contributed by atoms with Crippen LogP contribution in [0.4, 0.5) is 18.9 Å². The molecule has 1 aliphatic rings. The lowest BCUT2D eigenvalue weighted by molar-refractivity contribution is -0.384. The standard InChI is InChI=1S/C31H31F3N4O4/c32-31(33,34)24-8-6-23(7-9-24)26(19-30(39)35-12-13-36-14-16-42-17-15-36)28-21-37(20-22-4-2-1-3-5-22)29-11-10-25(38(40)41)18-27(28)29/h1-11,18,21,26H,12-17,19-20H2,(H,35,39)/t26-/m1/s1. The van der Waals surface area contributed by atoms with Crippen LogP contribution in [0.3, 0.4) is 0 Å². The summed E-state index contributed by atoms with van der Waals surface area (Å²) in [7, 11) is 0. The van der Waals surface area contributed by atoms with Crippen molar-refractivity contribution in [3.8, 4) is 0 Å². The second-order valence-corrected chi connectivity index (χ2v) is 10.3. The Bertz CT molecular complexity index is 1530. The third kappa shape index (κ3) is 6.97. The minimum atomic E-state index is -4.50. The van der Waals surface area contributed by atoms with Crippen LogP contribution in [0.1, 0.15) is 34.6 Å². The van der Waals surface area contributed by atoms with Crippen LogP contribution >= 0.6 is 0 Å². The molecule has 1 fully saturated rings. The third-order valence-corrected chi connectivity index (χ3v) is 7.56. The number of halogens is 3. The molecular formula is C31H31F3N4O4. The summed E-state index contributed by atoms with van der Waals surface area (Å²) in [5, 5.41) is 15.2. The summed E-state index contributed by atoms with van der Waals surface area (Å²) in [6.45, 7) is 4.39. The van der Waals surface area contributed by atoms with Crippen molar-refractivity contribution < 1.29 is 27.6 Å². The Morgan fingerprint density at radius 1 is 1.02 bits per heavy atom. The van der Waals surface area contributed by atoms with E-state index >= 15 is 0 Å². The fourth-order valence-electron chi connectivity index (χ4n) is 5.36. The monoisotopic (exact) mass is 580 g/mol. The third-order valence-electron chi connectivity index (χ3n) is 7.56. The summed E-state index contributed by atoms with van der Waals surface area (Å²) in [5.74, 6) is -0.903. The van der Waals surface area contributed by atoms with Crippen molar-refractivity contribution in [2.24, 2.45) is 0 Å². The van der Waals surface area contributed by atoms with Crippen molar-refractivity contribution in [3.63, 3.8) is 0 Å². The fraction of sp³-hybridized carbons (Fsp3) is 0.323. The zero-order valence-electron chi connectivity index (χ0n) is 22.8. The molecule has 1 atom stereocenters. The summed E-state index contributed by atoms with van der Waals surface area (Å²) >= 11 is 0. The zero-order valence-corrected chi connectivity index (χ0v) is 22.8.